The minimum atomic E-state index is -0.881. The molecule has 1 saturated carbocycles. The van der Waals surface area contributed by atoms with E-state index in [1.165, 1.54) is 6.42 Å². The molecule has 0 saturated heterocycles. The highest BCUT2D eigenvalue weighted by molar-refractivity contribution is 5.71. The third kappa shape index (κ3) is 4.73. The van der Waals surface area contributed by atoms with Crippen molar-refractivity contribution in [1.82, 2.24) is 4.90 Å². The lowest BCUT2D eigenvalue weighted by Gasteiger charge is -2.34. The van der Waals surface area contributed by atoms with Crippen LogP contribution in [0.4, 0.5) is 0 Å². The zero-order chi connectivity index (χ0) is 12.8. The molecule has 0 aromatic heterocycles. The van der Waals surface area contributed by atoms with E-state index in [0.717, 1.165) is 25.7 Å². The molecule has 1 unspecified atom stereocenters. The smallest absolute Gasteiger partial charge is 0.317 e. The fourth-order valence-electron chi connectivity index (χ4n) is 2.39. The summed E-state index contributed by atoms with van der Waals surface area (Å²) < 4.78 is 0. The van der Waals surface area contributed by atoms with Crippen molar-refractivity contribution in [3.05, 3.63) is 0 Å². The van der Waals surface area contributed by atoms with Crippen LogP contribution in [0.5, 0.6) is 0 Å². The molecule has 0 aromatic rings. The van der Waals surface area contributed by atoms with Crippen LogP contribution in [0.2, 0.25) is 0 Å². The highest BCUT2D eigenvalue weighted by atomic mass is 16.4. The second-order valence-electron chi connectivity index (χ2n) is 4.85. The second-order valence-corrected chi connectivity index (χ2v) is 4.85. The van der Waals surface area contributed by atoms with Crippen molar-refractivity contribution in [2.45, 2.75) is 45.1 Å². The average Bonchev–Trinajstić information content (AvgIpc) is 2.28. The first-order valence-corrected chi connectivity index (χ1v) is 6.19. The molecular formula is C12H21NO4. The molecule has 0 spiro atoms. The summed E-state index contributed by atoms with van der Waals surface area (Å²) >= 11 is 0. The molecule has 1 fully saturated rings. The van der Waals surface area contributed by atoms with Gasteiger partial charge in [-0.15, -0.1) is 0 Å². The van der Waals surface area contributed by atoms with E-state index >= 15 is 0 Å². The van der Waals surface area contributed by atoms with Crippen LogP contribution in [-0.2, 0) is 9.59 Å². The van der Waals surface area contributed by atoms with Gasteiger partial charge in [0.05, 0.1) is 12.5 Å². The maximum atomic E-state index is 10.8. The molecule has 17 heavy (non-hydrogen) atoms. The first-order chi connectivity index (χ1) is 8.00. The normalized spacial score (nSPS) is 19.2. The number of hydrogen-bond acceptors (Lipinski definition) is 3. The molecule has 0 aliphatic heterocycles. The van der Waals surface area contributed by atoms with Gasteiger partial charge in [0.15, 0.2) is 0 Å². The van der Waals surface area contributed by atoms with Crippen LogP contribution in [0.25, 0.3) is 0 Å². The monoisotopic (exact) mass is 243 g/mol. The summed E-state index contributed by atoms with van der Waals surface area (Å²) in [6.45, 7) is 1.90. The number of carbonyl (C=O) groups is 2. The molecule has 0 amide bonds. The van der Waals surface area contributed by atoms with E-state index in [0.29, 0.717) is 6.54 Å². The van der Waals surface area contributed by atoms with Crippen molar-refractivity contribution in [2.75, 3.05) is 13.1 Å². The van der Waals surface area contributed by atoms with Gasteiger partial charge in [-0.3, -0.25) is 14.5 Å². The summed E-state index contributed by atoms with van der Waals surface area (Å²) in [5, 5.41) is 17.8. The first-order valence-electron chi connectivity index (χ1n) is 6.19. The van der Waals surface area contributed by atoms with Crippen LogP contribution in [0, 0.1) is 5.92 Å². The van der Waals surface area contributed by atoms with Gasteiger partial charge in [-0.2, -0.15) is 0 Å². The molecule has 5 heteroatoms. The molecule has 1 atom stereocenters. The summed E-state index contributed by atoms with van der Waals surface area (Å²) in [7, 11) is 0. The molecule has 0 aromatic carbocycles. The Bertz CT molecular complexity index is 274. The third-order valence-electron chi connectivity index (χ3n) is 3.36. The number of aliphatic carboxylic acids is 2. The van der Waals surface area contributed by atoms with Gasteiger partial charge in [0, 0.05) is 12.6 Å². The second kappa shape index (κ2) is 6.59. The molecule has 0 bridgehead atoms. The molecular weight excluding hydrogens is 222 g/mol. The van der Waals surface area contributed by atoms with Crippen molar-refractivity contribution < 1.29 is 19.8 Å². The van der Waals surface area contributed by atoms with Crippen LogP contribution < -0.4 is 0 Å². The predicted octanol–water partition coefficient (Wildman–Crippen LogP) is 1.43. The molecule has 1 aliphatic rings. The van der Waals surface area contributed by atoms with Crippen LogP contribution in [-0.4, -0.2) is 46.2 Å². The zero-order valence-corrected chi connectivity index (χ0v) is 10.3. The van der Waals surface area contributed by atoms with Crippen molar-refractivity contribution in [3.8, 4) is 0 Å². The molecule has 2 N–H and O–H groups in total. The quantitative estimate of drug-likeness (QED) is 0.737. The predicted molar refractivity (Wildman–Crippen MR) is 62.9 cm³/mol. The van der Waals surface area contributed by atoms with Crippen molar-refractivity contribution in [1.29, 1.82) is 0 Å². The minimum absolute atomic E-state index is 0.0533. The SMILES string of the molecule is CC(CN(CC(=O)O)C1CCCCC1)C(=O)O. The van der Waals surface area contributed by atoms with Crippen molar-refractivity contribution in [3.63, 3.8) is 0 Å². The molecule has 5 nitrogen and oxygen atoms in total. The summed E-state index contributed by atoms with van der Waals surface area (Å²) in [6, 6.07) is 0.238. The van der Waals surface area contributed by atoms with Gasteiger partial charge < -0.3 is 10.2 Å². The number of carboxylic acids is 2. The number of carboxylic acid groups (broad SMARTS) is 2. The molecule has 0 radical (unpaired) electrons. The zero-order valence-electron chi connectivity index (χ0n) is 10.3. The molecule has 1 rings (SSSR count). The first kappa shape index (κ1) is 14.0. The van der Waals surface area contributed by atoms with Gasteiger partial charge in [-0.1, -0.05) is 26.2 Å². The lowest BCUT2D eigenvalue weighted by Crippen LogP contribution is -2.43. The Morgan fingerprint density at radius 3 is 2.29 bits per heavy atom. The minimum Gasteiger partial charge on any atom is -0.481 e. The van der Waals surface area contributed by atoms with E-state index in [2.05, 4.69) is 0 Å². The van der Waals surface area contributed by atoms with Gasteiger partial charge in [-0.05, 0) is 12.8 Å². The highest BCUT2D eigenvalue weighted by Crippen LogP contribution is 2.23. The van der Waals surface area contributed by atoms with Gasteiger partial charge in [0.2, 0.25) is 0 Å². The third-order valence-corrected chi connectivity index (χ3v) is 3.36. The number of nitrogens with zero attached hydrogens (tertiary/aromatic N) is 1. The van der Waals surface area contributed by atoms with E-state index in [-0.39, 0.29) is 12.6 Å². The Kier molecular flexibility index (Phi) is 5.41. The lowest BCUT2D eigenvalue weighted by atomic mass is 9.93. The average molecular weight is 243 g/mol. The Labute approximate surface area is 101 Å². The summed E-state index contributed by atoms with van der Waals surface area (Å²) in [6.07, 6.45) is 5.40. The number of rotatable bonds is 6. The van der Waals surface area contributed by atoms with E-state index < -0.39 is 17.9 Å². The molecule has 98 valence electrons. The van der Waals surface area contributed by atoms with Crippen LogP contribution in [0.1, 0.15) is 39.0 Å². The van der Waals surface area contributed by atoms with Gasteiger partial charge >= 0.3 is 11.9 Å². The summed E-state index contributed by atoms with van der Waals surface area (Å²) in [4.78, 5) is 23.5. The van der Waals surface area contributed by atoms with Crippen LogP contribution in [0.3, 0.4) is 0 Å². The summed E-state index contributed by atoms with van der Waals surface area (Å²) in [5.41, 5.74) is 0. The Hall–Kier alpha value is -1.10. The molecule has 1 aliphatic carbocycles. The van der Waals surface area contributed by atoms with E-state index in [1.54, 1.807) is 6.92 Å². The van der Waals surface area contributed by atoms with Crippen molar-refractivity contribution in [2.24, 2.45) is 5.92 Å². The Balaban J connectivity index is 2.58. The van der Waals surface area contributed by atoms with Gasteiger partial charge in [-0.25, -0.2) is 0 Å². The van der Waals surface area contributed by atoms with Gasteiger partial charge in [0.25, 0.3) is 0 Å². The fourth-order valence-corrected chi connectivity index (χ4v) is 2.39. The van der Waals surface area contributed by atoms with Crippen LogP contribution in [0.15, 0.2) is 0 Å². The van der Waals surface area contributed by atoms with Crippen LogP contribution >= 0.6 is 0 Å². The Morgan fingerprint density at radius 1 is 1.24 bits per heavy atom. The lowest BCUT2D eigenvalue weighted by molar-refractivity contribution is -0.145. The molecule has 0 heterocycles. The van der Waals surface area contributed by atoms with Crippen molar-refractivity contribution >= 4 is 11.9 Å². The Morgan fingerprint density at radius 2 is 1.82 bits per heavy atom. The maximum absolute atomic E-state index is 10.8. The van der Waals surface area contributed by atoms with Gasteiger partial charge in [0.1, 0.15) is 0 Å². The standard InChI is InChI=1S/C12H21NO4/c1-9(12(16)17)7-13(8-11(14)15)10-5-3-2-4-6-10/h9-10H,2-8H2,1H3,(H,14,15)(H,16,17). The van der Waals surface area contributed by atoms with E-state index in [4.69, 9.17) is 10.2 Å². The largest absolute Gasteiger partial charge is 0.481 e. The number of hydrogen-bond donors (Lipinski definition) is 2. The maximum Gasteiger partial charge on any atom is 0.317 e. The van der Waals surface area contributed by atoms with E-state index in [1.807, 2.05) is 4.90 Å². The summed E-state index contributed by atoms with van der Waals surface area (Å²) in [5.74, 6) is -2.26. The topological polar surface area (TPSA) is 77.8 Å². The fraction of sp³-hybridized carbons (Fsp3) is 0.833. The highest BCUT2D eigenvalue weighted by Gasteiger charge is 2.26. The van der Waals surface area contributed by atoms with E-state index in [9.17, 15) is 9.59 Å².